The third kappa shape index (κ3) is 12.9. The Hall–Kier alpha value is 0.840. The molecule has 0 heterocycles. The lowest BCUT2D eigenvalue weighted by Crippen LogP contribution is -2.19. The molecule has 0 bridgehead atoms. The second-order valence-corrected chi connectivity index (χ2v) is 15.6. The quantitative estimate of drug-likeness (QED) is 0.157. The molecule has 4 nitrogen and oxygen atoms in total. The second kappa shape index (κ2) is 17.6. The Morgan fingerprint density at radius 2 is 0.865 bits per heavy atom. The summed E-state index contributed by atoms with van der Waals surface area (Å²) in [5.74, 6) is 2.60. The van der Waals surface area contributed by atoms with Crippen LogP contribution in [0.3, 0.4) is 0 Å². The van der Waals surface area contributed by atoms with Gasteiger partial charge in [-0.2, -0.15) is 0 Å². The van der Waals surface area contributed by atoms with Gasteiger partial charge < -0.3 is 18.9 Å². The summed E-state index contributed by atoms with van der Waals surface area (Å²) in [6.45, 7) is 12.3. The molecule has 0 fully saturated rings. The summed E-state index contributed by atoms with van der Waals surface area (Å²) in [6, 6.07) is 8.38. The first kappa shape index (κ1) is 34.0. The van der Waals surface area contributed by atoms with Crippen LogP contribution < -0.4 is 9.47 Å². The number of hydrogen-bond acceptors (Lipinski definition) is 4. The molecule has 0 aliphatic carbocycles. The lowest BCUT2D eigenvalue weighted by molar-refractivity contribution is 0.103. The normalized spacial score (nSPS) is 13.3. The molecule has 0 aromatic heterocycles. The minimum absolute atomic E-state index is 0.118. The molecule has 37 heavy (non-hydrogen) atoms. The number of benzene rings is 2. The second-order valence-electron chi connectivity index (χ2n) is 9.63. The fraction of sp³-hybridized carbons (Fsp3) is 0.556. The molecule has 2 aromatic carbocycles. The van der Waals surface area contributed by atoms with Crippen LogP contribution in [-0.2, 0) is 15.9 Å². The van der Waals surface area contributed by atoms with E-state index in [4.69, 9.17) is 18.9 Å². The summed E-state index contributed by atoms with van der Waals surface area (Å²) in [7, 11) is 0. The van der Waals surface area contributed by atoms with Crippen molar-refractivity contribution in [3.63, 3.8) is 0 Å². The molecule has 2 atom stereocenters. The molecule has 0 saturated carbocycles. The fourth-order valence-corrected chi connectivity index (χ4v) is 6.91. The number of hydrogen-bond donors (Lipinski definition) is 0. The van der Waals surface area contributed by atoms with E-state index in [1.54, 1.807) is 0 Å². The lowest BCUT2D eigenvalue weighted by Gasteiger charge is -2.17. The van der Waals surface area contributed by atoms with Crippen molar-refractivity contribution in [1.29, 1.82) is 0 Å². The van der Waals surface area contributed by atoms with E-state index < -0.39 is 0 Å². The van der Waals surface area contributed by atoms with Gasteiger partial charge in [0.05, 0.1) is 40.8 Å². The Morgan fingerprint density at radius 1 is 0.541 bits per heavy atom. The SMILES string of the molecule is CC(C)COCC(Br)COc1c(Br)cc(Cc2cc(Br)c(OCC(Br)COCC(C)C)c(Br)c2)cc1Br. The third-order valence-corrected chi connectivity index (χ3v) is 8.25. The standard InChI is InChI=1S/C27H34Br6O4/c1-16(2)10-34-12-20(28)14-36-26-22(30)6-18(7-23(26)31)5-19-8-24(32)27(25(33)9-19)37-15-21(29)13-35-11-17(3)4/h6-9,16-17,20-21H,5,10-15H2,1-4H3. The maximum Gasteiger partial charge on any atom is 0.147 e. The van der Waals surface area contributed by atoms with Crippen LogP contribution in [0, 0.1) is 11.8 Å². The monoisotopic (exact) mass is 896 g/mol. The van der Waals surface area contributed by atoms with Gasteiger partial charge in [0.1, 0.15) is 24.7 Å². The van der Waals surface area contributed by atoms with Crippen LogP contribution in [0.15, 0.2) is 42.2 Å². The Balaban J connectivity index is 1.97. The van der Waals surface area contributed by atoms with Gasteiger partial charge in [-0.15, -0.1) is 0 Å². The van der Waals surface area contributed by atoms with E-state index >= 15 is 0 Å². The van der Waals surface area contributed by atoms with Gasteiger partial charge in [-0.3, -0.25) is 0 Å². The van der Waals surface area contributed by atoms with E-state index in [9.17, 15) is 0 Å². The van der Waals surface area contributed by atoms with E-state index in [1.807, 2.05) is 0 Å². The molecule has 0 aliphatic heterocycles. The first-order chi connectivity index (χ1) is 17.5. The molecule has 0 amide bonds. The van der Waals surface area contributed by atoms with E-state index in [1.165, 1.54) is 0 Å². The fourth-order valence-electron chi connectivity index (χ4n) is 3.25. The minimum Gasteiger partial charge on any atom is -0.490 e. The minimum atomic E-state index is 0.118. The lowest BCUT2D eigenvalue weighted by atomic mass is 10.0. The highest BCUT2D eigenvalue weighted by Crippen LogP contribution is 2.38. The summed E-state index contributed by atoms with van der Waals surface area (Å²) in [4.78, 5) is 0.236. The smallest absolute Gasteiger partial charge is 0.147 e. The molecule has 0 aliphatic rings. The van der Waals surface area contributed by atoms with E-state index in [0.717, 1.165) is 60.2 Å². The van der Waals surface area contributed by atoms with Crippen LogP contribution in [0.25, 0.3) is 0 Å². The highest BCUT2D eigenvalue weighted by Gasteiger charge is 2.15. The summed E-state index contributed by atoms with van der Waals surface area (Å²) < 4.78 is 27.1. The van der Waals surface area contributed by atoms with Crippen molar-refractivity contribution >= 4 is 95.6 Å². The molecule has 0 spiro atoms. The first-order valence-corrected chi connectivity index (χ1v) is 17.1. The van der Waals surface area contributed by atoms with Crippen LogP contribution in [0.1, 0.15) is 38.8 Å². The zero-order valence-electron chi connectivity index (χ0n) is 21.5. The number of halogens is 6. The Bertz CT molecular complexity index is 862. The topological polar surface area (TPSA) is 36.9 Å². The number of alkyl halides is 2. The highest BCUT2D eigenvalue weighted by molar-refractivity contribution is 9.11. The Labute approximate surface area is 272 Å². The highest BCUT2D eigenvalue weighted by atomic mass is 79.9. The van der Waals surface area contributed by atoms with Crippen LogP contribution in [0.2, 0.25) is 0 Å². The summed E-state index contributed by atoms with van der Waals surface area (Å²) in [5.41, 5.74) is 2.30. The van der Waals surface area contributed by atoms with Gasteiger partial charge in [-0.1, -0.05) is 59.6 Å². The van der Waals surface area contributed by atoms with E-state index in [0.29, 0.717) is 38.3 Å². The van der Waals surface area contributed by atoms with Gasteiger partial charge in [0.25, 0.3) is 0 Å². The maximum atomic E-state index is 6.06. The van der Waals surface area contributed by atoms with Crippen molar-refractivity contribution in [1.82, 2.24) is 0 Å². The van der Waals surface area contributed by atoms with Crippen LogP contribution in [0.4, 0.5) is 0 Å². The van der Waals surface area contributed by atoms with Gasteiger partial charge in [0.15, 0.2) is 0 Å². The third-order valence-electron chi connectivity index (χ3n) is 4.84. The summed E-state index contributed by atoms with van der Waals surface area (Å²) in [6.07, 6.45) is 0.753. The largest absolute Gasteiger partial charge is 0.490 e. The molecule has 2 rings (SSSR count). The van der Waals surface area contributed by atoms with Gasteiger partial charge in [-0.25, -0.2) is 0 Å². The molecule has 0 saturated heterocycles. The zero-order chi connectivity index (χ0) is 27.5. The van der Waals surface area contributed by atoms with Crippen molar-refractivity contribution in [3.05, 3.63) is 53.3 Å². The van der Waals surface area contributed by atoms with Crippen molar-refractivity contribution < 1.29 is 18.9 Å². The molecule has 0 N–H and O–H groups in total. The average molecular weight is 902 g/mol. The van der Waals surface area contributed by atoms with Gasteiger partial charge in [-0.05, 0) is 117 Å². The van der Waals surface area contributed by atoms with Crippen LogP contribution >= 0.6 is 95.6 Å². The van der Waals surface area contributed by atoms with Gasteiger partial charge in [0.2, 0.25) is 0 Å². The van der Waals surface area contributed by atoms with Crippen LogP contribution in [-0.4, -0.2) is 49.3 Å². The average Bonchev–Trinajstić information content (AvgIpc) is 2.77. The molecule has 0 radical (unpaired) electrons. The zero-order valence-corrected chi connectivity index (χ0v) is 31.0. The molecule has 2 unspecified atom stereocenters. The Morgan fingerprint density at radius 3 is 1.16 bits per heavy atom. The maximum absolute atomic E-state index is 6.06. The first-order valence-electron chi connectivity index (χ1n) is 12.1. The van der Waals surface area contributed by atoms with Crippen molar-refractivity contribution in [3.8, 4) is 11.5 Å². The van der Waals surface area contributed by atoms with E-state index in [-0.39, 0.29) is 9.65 Å². The molecular weight excluding hydrogens is 868 g/mol. The van der Waals surface area contributed by atoms with Crippen molar-refractivity contribution in [2.45, 2.75) is 43.8 Å². The Kier molecular flexibility index (Phi) is 16.2. The molecule has 2 aromatic rings. The molecule has 10 heteroatoms. The van der Waals surface area contributed by atoms with Crippen molar-refractivity contribution in [2.24, 2.45) is 11.8 Å². The number of ether oxygens (including phenoxy) is 4. The predicted octanol–water partition coefficient (Wildman–Crippen LogP) is 9.96. The van der Waals surface area contributed by atoms with Gasteiger partial charge >= 0.3 is 0 Å². The molecular formula is C27H34Br6O4. The number of rotatable bonds is 16. The van der Waals surface area contributed by atoms with Gasteiger partial charge in [0, 0.05) is 13.2 Å². The summed E-state index contributed by atoms with van der Waals surface area (Å²) >= 11 is 22.0. The molecule has 208 valence electrons. The van der Waals surface area contributed by atoms with Crippen LogP contribution in [0.5, 0.6) is 11.5 Å². The summed E-state index contributed by atoms with van der Waals surface area (Å²) in [5, 5.41) is 0. The van der Waals surface area contributed by atoms with Crippen molar-refractivity contribution in [2.75, 3.05) is 39.6 Å². The predicted molar refractivity (Wildman–Crippen MR) is 174 cm³/mol. The van der Waals surface area contributed by atoms with E-state index in [2.05, 4.69) is 148 Å².